The Morgan fingerprint density at radius 3 is 2.67 bits per heavy atom. The Hall–Kier alpha value is -1.20. The maximum absolute atomic E-state index is 5.57. The van der Waals surface area contributed by atoms with E-state index in [1.54, 1.807) is 0 Å². The van der Waals surface area contributed by atoms with Crippen LogP contribution in [0, 0.1) is 0 Å². The molecule has 18 heavy (non-hydrogen) atoms. The number of nitrogens with zero attached hydrogens (tertiary/aromatic N) is 3. The van der Waals surface area contributed by atoms with E-state index in [0.717, 1.165) is 57.0 Å². The van der Waals surface area contributed by atoms with Crippen LogP contribution in [0.2, 0.25) is 0 Å². The first-order valence-electron chi connectivity index (χ1n) is 6.83. The van der Waals surface area contributed by atoms with Gasteiger partial charge in [0.05, 0.1) is 5.69 Å². The molecule has 100 valence electrons. The second kappa shape index (κ2) is 6.66. The number of nitrogens with two attached hydrogens (primary N) is 1. The van der Waals surface area contributed by atoms with Crippen LogP contribution >= 0.6 is 0 Å². The van der Waals surface area contributed by atoms with Crippen molar-refractivity contribution in [2.24, 2.45) is 5.73 Å². The Kier molecular flexibility index (Phi) is 4.90. The van der Waals surface area contributed by atoms with E-state index in [-0.39, 0.29) is 0 Å². The van der Waals surface area contributed by atoms with Gasteiger partial charge in [-0.15, -0.1) is 5.10 Å². The van der Waals surface area contributed by atoms with Crippen LogP contribution in [0.25, 0.3) is 0 Å². The van der Waals surface area contributed by atoms with Gasteiger partial charge in [-0.1, -0.05) is 6.92 Å². The van der Waals surface area contributed by atoms with Gasteiger partial charge in [-0.2, -0.15) is 5.10 Å². The third-order valence-electron chi connectivity index (χ3n) is 3.47. The normalized spacial score (nSPS) is 17.9. The zero-order valence-electron chi connectivity index (χ0n) is 11.1. The van der Waals surface area contributed by atoms with Gasteiger partial charge in [0.25, 0.3) is 0 Å². The number of piperidine rings is 1. The molecule has 1 aliphatic rings. The summed E-state index contributed by atoms with van der Waals surface area (Å²) in [5.41, 5.74) is 6.61. The van der Waals surface area contributed by atoms with Crippen molar-refractivity contribution >= 4 is 5.82 Å². The summed E-state index contributed by atoms with van der Waals surface area (Å²) in [6.45, 7) is 6.09. The predicted molar refractivity (Wildman–Crippen MR) is 73.5 cm³/mol. The molecule has 0 amide bonds. The van der Waals surface area contributed by atoms with E-state index in [1.165, 1.54) is 0 Å². The molecule has 3 N–H and O–H groups in total. The fourth-order valence-corrected chi connectivity index (χ4v) is 2.32. The minimum absolute atomic E-state index is 0.515. The molecule has 5 heteroatoms. The number of anilines is 1. The summed E-state index contributed by atoms with van der Waals surface area (Å²) >= 11 is 0. The van der Waals surface area contributed by atoms with Gasteiger partial charge in [0, 0.05) is 32.2 Å². The lowest BCUT2D eigenvalue weighted by Crippen LogP contribution is -2.41. The van der Waals surface area contributed by atoms with Crippen molar-refractivity contribution in [1.29, 1.82) is 0 Å². The van der Waals surface area contributed by atoms with Gasteiger partial charge >= 0.3 is 0 Å². The molecule has 1 aromatic heterocycles. The van der Waals surface area contributed by atoms with Crippen LogP contribution in [0.4, 0.5) is 5.82 Å². The zero-order valence-corrected chi connectivity index (χ0v) is 11.1. The van der Waals surface area contributed by atoms with Gasteiger partial charge in [0.1, 0.15) is 5.82 Å². The highest BCUT2D eigenvalue weighted by molar-refractivity contribution is 5.34. The zero-order chi connectivity index (χ0) is 12.8. The molecular formula is C13H23N5. The van der Waals surface area contributed by atoms with Crippen molar-refractivity contribution in [3.8, 4) is 0 Å². The van der Waals surface area contributed by atoms with Crippen LogP contribution in [0.3, 0.4) is 0 Å². The molecule has 5 nitrogen and oxygen atoms in total. The first kappa shape index (κ1) is 13.2. The maximum atomic E-state index is 5.57. The lowest BCUT2D eigenvalue weighted by Gasteiger charge is -2.32. The summed E-state index contributed by atoms with van der Waals surface area (Å²) in [7, 11) is 0. The standard InChI is InChI=1S/C13H23N5/c1-2-11-3-4-13(17-16-11)15-12-5-8-18(9-6-12)10-7-14/h3-4,12H,2,5-10,14H2,1H3,(H,15,17). The summed E-state index contributed by atoms with van der Waals surface area (Å²) in [5.74, 6) is 0.893. The lowest BCUT2D eigenvalue weighted by molar-refractivity contribution is 0.224. The van der Waals surface area contributed by atoms with Crippen molar-refractivity contribution in [1.82, 2.24) is 15.1 Å². The third-order valence-corrected chi connectivity index (χ3v) is 3.47. The van der Waals surface area contributed by atoms with Crippen LogP contribution in [0.15, 0.2) is 12.1 Å². The van der Waals surface area contributed by atoms with Crippen LogP contribution in [0.5, 0.6) is 0 Å². The van der Waals surface area contributed by atoms with Gasteiger partial charge in [0.2, 0.25) is 0 Å². The fraction of sp³-hybridized carbons (Fsp3) is 0.692. The lowest BCUT2D eigenvalue weighted by atomic mass is 10.1. The highest BCUT2D eigenvalue weighted by Crippen LogP contribution is 2.14. The molecule has 1 fully saturated rings. The van der Waals surface area contributed by atoms with E-state index in [9.17, 15) is 0 Å². The van der Waals surface area contributed by atoms with Gasteiger partial charge in [-0.25, -0.2) is 0 Å². The molecule has 0 spiro atoms. The van der Waals surface area contributed by atoms with Crippen LogP contribution in [0.1, 0.15) is 25.5 Å². The number of likely N-dealkylation sites (tertiary alicyclic amines) is 1. The van der Waals surface area contributed by atoms with Crippen molar-refractivity contribution in [2.75, 3.05) is 31.5 Å². The minimum Gasteiger partial charge on any atom is -0.366 e. The van der Waals surface area contributed by atoms with Gasteiger partial charge < -0.3 is 16.0 Å². The summed E-state index contributed by atoms with van der Waals surface area (Å²) < 4.78 is 0. The Balaban J connectivity index is 1.80. The summed E-state index contributed by atoms with van der Waals surface area (Å²) in [5, 5.41) is 11.8. The van der Waals surface area contributed by atoms with E-state index in [0.29, 0.717) is 6.04 Å². The molecule has 0 radical (unpaired) electrons. The molecule has 1 aliphatic heterocycles. The average molecular weight is 249 g/mol. The summed E-state index contributed by atoms with van der Waals surface area (Å²) in [4.78, 5) is 2.42. The van der Waals surface area contributed by atoms with Crippen LogP contribution in [-0.2, 0) is 6.42 Å². The van der Waals surface area contributed by atoms with Crippen LogP contribution in [-0.4, -0.2) is 47.3 Å². The molecule has 1 saturated heterocycles. The fourth-order valence-electron chi connectivity index (χ4n) is 2.32. The predicted octanol–water partition coefficient (Wildman–Crippen LogP) is 0.874. The molecule has 1 aromatic rings. The Morgan fingerprint density at radius 1 is 1.33 bits per heavy atom. The quantitative estimate of drug-likeness (QED) is 0.810. The second-order valence-corrected chi connectivity index (χ2v) is 4.81. The number of aryl methyl sites for hydroxylation is 1. The van der Waals surface area contributed by atoms with Crippen molar-refractivity contribution in [2.45, 2.75) is 32.2 Å². The molecule has 0 bridgehead atoms. The van der Waals surface area contributed by atoms with Crippen molar-refractivity contribution < 1.29 is 0 Å². The Morgan fingerprint density at radius 2 is 2.11 bits per heavy atom. The molecule has 0 unspecified atom stereocenters. The van der Waals surface area contributed by atoms with E-state index in [4.69, 9.17) is 5.73 Å². The number of rotatable bonds is 5. The van der Waals surface area contributed by atoms with E-state index in [1.807, 2.05) is 12.1 Å². The molecule has 2 rings (SSSR count). The Bertz CT molecular complexity index is 343. The molecule has 0 aromatic carbocycles. The van der Waals surface area contributed by atoms with Crippen molar-refractivity contribution in [3.05, 3.63) is 17.8 Å². The number of aromatic nitrogens is 2. The average Bonchev–Trinajstić information content (AvgIpc) is 2.42. The van der Waals surface area contributed by atoms with Crippen molar-refractivity contribution in [3.63, 3.8) is 0 Å². The Labute approximate surface area is 109 Å². The second-order valence-electron chi connectivity index (χ2n) is 4.81. The smallest absolute Gasteiger partial charge is 0.148 e. The maximum Gasteiger partial charge on any atom is 0.148 e. The van der Waals surface area contributed by atoms with Gasteiger partial charge in [-0.05, 0) is 31.4 Å². The summed E-state index contributed by atoms with van der Waals surface area (Å²) in [6.07, 6.45) is 3.24. The van der Waals surface area contributed by atoms with E-state index < -0.39 is 0 Å². The molecular weight excluding hydrogens is 226 g/mol. The first-order chi connectivity index (χ1) is 8.81. The SMILES string of the molecule is CCc1ccc(NC2CCN(CCN)CC2)nn1. The largest absolute Gasteiger partial charge is 0.366 e. The highest BCUT2D eigenvalue weighted by atomic mass is 15.2. The van der Waals surface area contributed by atoms with Gasteiger partial charge in [-0.3, -0.25) is 0 Å². The monoisotopic (exact) mass is 249 g/mol. The third kappa shape index (κ3) is 3.65. The number of hydrogen-bond acceptors (Lipinski definition) is 5. The number of nitrogens with one attached hydrogen (secondary N) is 1. The highest BCUT2D eigenvalue weighted by Gasteiger charge is 2.18. The summed E-state index contributed by atoms with van der Waals surface area (Å²) in [6, 6.07) is 4.58. The molecule has 2 heterocycles. The van der Waals surface area contributed by atoms with E-state index >= 15 is 0 Å². The van der Waals surface area contributed by atoms with Crippen LogP contribution < -0.4 is 11.1 Å². The first-order valence-corrected chi connectivity index (χ1v) is 6.83. The number of hydrogen-bond donors (Lipinski definition) is 2. The molecule has 0 saturated carbocycles. The topological polar surface area (TPSA) is 67.1 Å². The van der Waals surface area contributed by atoms with E-state index in [2.05, 4.69) is 27.3 Å². The molecule has 0 atom stereocenters. The minimum atomic E-state index is 0.515. The van der Waals surface area contributed by atoms with Gasteiger partial charge in [0.15, 0.2) is 0 Å². The molecule has 0 aliphatic carbocycles.